The number of rotatable bonds is 8. The van der Waals surface area contributed by atoms with Crippen molar-refractivity contribution < 1.29 is 13.9 Å². The smallest absolute Gasteiger partial charge is 0.232 e. The first-order valence-corrected chi connectivity index (χ1v) is 12.6. The van der Waals surface area contributed by atoms with Crippen LogP contribution in [0.25, 0.3) is 11.4 Å². The monoisotopic (exact) mass is 512 g/mol. The third kappa shape index (κ3) is 4.53. The van der Waals surface area contributed by atoms with Gasteiger partial charge in [0.05, 0.1) is 12.3 Å². The van der Waals surface area contributed by atoms with E-state index < -0.39 is 11.6 Å². The fourth-order valence-electron chi connectivity index (χ4n) is 4.11. The number of aliphatic hydroxyl groups is 1. The van der Waals surface area contributed by atoms with Crippen LogP contribution in [0.15, 0.2) is 29.2 Å². The van der Waals surface area contributed by atoms with Crippen LogP contribution in [0.4, 0.5) is 32.1 Å². The van der Waals surface area contributed by atoms with E-state index in [4.69, 9.17) is 9.97 Å². The number of benzene rings is 1. The molecule has 1 aliphatic rings. The molecule has 4 aromatic rings. The number of anilines is 4. The minimum atomic E-state index is -0.712. The van der Waals surface area contributed by atoms with E-state index in [2.05, 4.69) is 20.6 Å². The molecule has 12 heteroatoms. The van der Waals surface area contributed by atoms with Crippen molar-refractivity contribution >= 4 is 35.0 Å². The van der Waals surface area contributed by atoms with Gasteiger partial charge in [0.2, 0.25) is 5.95 Å². The topological polar surface area (TPSA) is 108 Å². The van der Waals surface area contributed by atoms with Crippen LogP contribution in [0.3, 0.4) is 0 Å². The number of nitrogens with zero attached hydrogens (tertiary/aromatic N) is 6. The minimum absolute atomic E-state index is 0.0926. The number of nitrogens with one attached hydrogen (secondary N) is 2. The summed E-state index contributed by atoms with van der Waals surface area (Å²) in [6.07, 6.45) is 3.67. The second kappa shape index (κ2) is 9.51. The van der Waals surface area contributed by atoms with Gasteiger partial charge in [-0.25, -0.2) is 13.8 Å². The van der Waals surface area contributed by atoms with Gasteiger partial charge >= 0.3 is 0 Å². The molecule has 9 nitrogen and oxygen atoms in total. The third-order valence-corrected chi connectivity index (χ3v) is 6.82. The molecule has 1 saturated carbocycles. The van der Waals surface area contributed by atoms with Gasteiger partial charge in [0.15, 0.2) is 17.5 Å². The molecule has 0 spiro atoms. The summed E-state index contributed by atoms with van der Waals surface area (Å²) in [5.74, 6) is -0.0712. The number of aryl methyl sites for hydroxylation is 2. The molecule has 0 amide bonds. The highest BCUT2D eigenvalue weighted by Gasteiger charge is 2.34. The quantitative estimate of drug-likeness (QED) is 0.289. The van der Waals surface area contributed by atoms with Crippen LogP contribution >= 0.6 is 11.8 Å². The molecule has 0 saturated heterocycles. The molecule has 3 aromatic heterocycles. The number of halogens is 2. The molecule has 36 heavy (non-hydrogen) atoms. The molecule has 3 heterocycles. The van der Waals surface area contributed by atoms with Gasteiger partial charge in [-0.1, -0.05) is 0 Å². The van der Waals surface area contributed by atoms with Gasteiger partial charge in [-0.15, -0.1) is 11.8 Å². The number of aliphatic hydroxyl groups excluding tert-OH is 1. The van der Waals surface area contributed by atoms with Crippen molar-refractivity contribution in [3.05, 3.63) is 52.9 Å². The van der Waals surface area contributed by atoms with E-state index in [1.165, 1.54) is 35.8 Å². The predicted octanol–water partition coefficient (Wildman–Crippen LogP) is 4.79. The maximum Gasteiger partial charge on any atom is 0.232 e. The normalized spacial score (nSPS) is 13.3. The number of H-pyrrole nitrogens is 1. The molecule has 1 fully saturated rings. The molecule has 3 N–H and O–H groups in total. The van der Waals surface area contributed by atoms with Crippen LogP contribution in [0, 0.1) is 18.6 Å². The van der Waals surface area contributed by atoms with Gasteiger partial charge in [0, 0.05) is 36.3 Å². The third-order valence-electron chi connectivity index (χ3n) is 6.11. The summed E-state index contributed by atoms with van der Waals surface area (Å²) in [5, 5.41) is 24.7. The van der Waals surface area contributed by atoms with E-state index in [0.29, 0.717) is 33.6 Å². The highest BCUT2D eigenvalue weighted by atomic mass is 32.2. The first-order chi connectivity index (χ1) is 17.3. The largest absolute Gasteiger partial charge is 0.390 e. The fraction of sp³-hybridized carbons (Fsp3) is 0.333. The van der Waals surface area contributed by atoms with E-state index in [0.717, 1.165) is 24.1 Å². The maximum absolute atomic E-state index is 15.0. The van der Waals surface area contributed by atoms with Gasteiger partial charge < -0.3 is 15.3 Å². The molecule has 0 radical (unpaired) electrons. The maximum atomic E-state index is 15.0. The van der Waals surface area contributed by atoms with Crippen molar-refractivity contribution in [1.29, 1.82) is 0 Å². The molecule has 188 valence electrons. The molecule has 0 atom stereocenters. The second-order valence-electron chi connectivity index (χ2n) is 8.77. The van der Waals surface area contributed by atoms with Crippen molar-refractivity contribution in [2.75, 3.05) is 23.5 Å². The Hall–Kier alpha value is -3.51. The molecule has 0 unspecified atom stereocenters. The summed E-state index contributed by atoms with van der Waals surface area (Å²) >= 11 is 1.26. The van der Waals surface area contributed by atoms with Gasteiger partial charge in [-0.05, 0) is 50.1 Å². The van der Waals surface area contributed by atoms with Gasteiger partial charge in [-0.2, -0.15) is 15.2 Å². The van der Waals surface area contributed by atoms with E-state index in [1.54, 1.807) is 24.1 Å². The predicted molar refractivity (Wildman–Crippen MR) is 135 cm³/mol. The lowest BCUT2D eigenvalue weighted by atomic mass is 10.1. The summed E-state index contributed by atoms with van der Waals surface area (Å²) in [4.78, 5) is 11.2. The Morgan fingerprint density at radius 2 is 1.92 bits per heavy atom. The van der Waals surface area contributed by atoms with Crippen molar-refractivity contribution in [1.82, 2.24) is 29.9 Å². The number of aromatic amines is 1. The average Bonchev–Trinajstić information content (AvgIpc) is 3.50. The van der Waals surface area contributed by atoms with Crippen LogP contribution in [-0.4, -0.2) is 48.4 Å². The zero-order chi connectivity index (χ0) is 25.6. The van der Waals surface area contributed by atoms with E-state index in [1.807, 2.05) is 13.0 Å². The van der Waals surface area contributed by atoms with Crippen molar-refractivity contribution in [2.45, 2.75) is 37.2 Å². The van der Waals surface area contributed by atoms with Crippen LogP contribution in [-0.2, 0) is 13.7 Å². The second-order valence-corrected chi connectivity index (χ2v) is 9.65. The lowest BCUT2D eigenvalue weighted by molar-refractivity contribution is 0.270. The molecule has 0 aliphatic heterocycles. The Balaban J connectivity index is 1.69. The zero-order valence-electron chi connectivity index (χ0n) is 20.3. The number of aromatic nitrogens is 6. The summed E-state index contributed by atoms with van der Waals surface area (Å²) in [6.45, 7) is 1.70. The van der Waals surface area contributed by atoms with Crippen LogP contribution in [0.1, 0.15) is 35.7 Å². The molecular weight excluding hydrogens is 486 g/mol. The molecular formula is C24H26F2N8OS. The summed E-state index contributed by atoms with van der Waals surface area (Å²) in [5.41, 5.74) is 3.17. The standard InChI is InChI=1S/C24H26F2N8OS/c1-12-7-19(31-30-12)27-23-20(13-5-6-13)21(18-8-14(11-35)34(3)32-18)28-24(29-23)33(2)22-16(25)9-15(36-4)10-17(22)26/h7-10,13,35H,5-6,11H2,1-4H3,(H2,27,28,29,30,31). The van der Waals surface area contributed by atoms with Gasteiger partial charge in [0.25, 0.3) is 0 Å². The number of hydrogen-bond donors (Lipinski definition) is 3. The number of hydrogen-bond acceptors (Lipinski definition) is 8. The fourth-order valence-corrected chi connectivity index (χ4v) is 4.55. The highest BCUT2D eigenvalue weighted by Crippen LogP contribution is 2.48. The van der Waals surface area contributed by atoms with E-state index in [-0.39, 0.29) is 24.2 Å². The van der Waals surface area contributed by atoms with Crippen molar-refractivity contribution in [3.63, 3.8) is 0 Å². The van der Waals surface area contributed by atoms with Crippen LogP contribution in [0.5, 0.6) is 0 Å². The SMILES string of the molecule is CSc1cc(F)c(N(C)c2nc(Nc3cc(C)[nH]n3)c(C3CC3)c(-c3cc(CO)n(C)n3)n2)c(F)c1. The summed E-state index contributed by atoms with van der Waals surface area (Å²) < 4.78 is 31.6. The van der Waals surface area contributed by atoms with Crippen molar-refractivity contribution in [2.24, 2.45) is 7.05 Å². The Morgan fingerprint density at radius 1 is 1.19 bits per heavy atom. The zero-order valence-corrected chi connectivity index (χ0v) is 21.1. The van der Waals surface area contributed by atoms with Crippen LogP contribution < -0.4 is 10.2 Å². The Bertz CT molecular complexity index is 1410. The Labute approximate surface area is 211 Å². The average molecular weight is 513 g/mol. The molecule has 0 bridgehead atoms. The Kier molecular flexibility index (Phi) is 6.39. The van der Waals surface area contributed by atoms with Gasteiger partial charge in [0.1, 0.15) is 22.9 Å². The highest BCUT2D eigenvalue weighted by molar-refractivity contribution is 7.98. The lowest BCUT2D eigenvalue weighted by Crippen LogP contribution is -2.18. The van der Waals surface area contributed by atoms with E-state index >= 15 is 8.78 Å². The summed E-state index contributed by atoms with van der Waals surface area (Å²) in [6, 6.07) is 6.18. The van der Waals surface area contributed by atoms with Crippen LogP contribution in [0.2, 0.25) is 0 Å². The number of thioether (sulfide) groups is 1. The summed E-state index contributed by atoms with van der Waals surface area (Å²) in [7, 11) is 3.26. The lowest BCUT2D eigenvalue weighted by Gasteiger charge is -2.22. The molecule has 1 aromatic carbocycles. The van der Waals surface area contributed by atoms with Gasteiger partial charge in [-0.3, -0.25) is 9.78 Å². The Morgan fingerprint density at radius 3 is 2.47 bits per heavy atom. The first-order valence-electron chi connectivity index (χ1n) is 11.4. The first kappa shape index (κ1) is 24.2. The van der Waals surface area contributed by atoms with E-state index in [9.17, 15) is 5.11 Å². The molecule has 5 rings (SSSR count). The van der Waals surface area contributed by atoms with Crippen molar-refractivity contribution in [3.8, 4) is 11.4 Å². The minimum Gasteiger partial charge on any atom is -0.390 e. The molecule has 1 aliphatic carbocycles.